The molecule has 3 rings (SSSR count). The molecule has 3 aromatic carbocycles. The van der Waals surface area contributed by atoms with E-state index in [-0.39, 0.29) is 5.75 Å². The number of ether oxygens (including phenoxy) is 1. The summed E-state index contributed by atoms with van der Waals surface area (Å²) in [5, 5.41) is 0. The molecule has 0 amide bonds. The van der Waals surface area contributed by atoms with Gasteiger partial charge in [0.1, 0.15) is 0 Å². The molecule has 0 aliphatic rings. The van der Waals surface area contributed by atoms with Crippen molar-refractivity contribution in [3.8, 4) is 16.9 Å². The van der Waals surface area contributed by atoms with Gasteiger partial charge in [0.25, 0.3) is 0 Å². The van der Waals surface area contributed by atoms with Gasteiger partial charge in [-0.3, -0.25) is 0 Å². The minimum absolute atomic E-state index is 0.0993. The second-order valence-corrected chi connectivity index (χ2v) is 6.69. The lowest BCUT2D eigenvalue weighted by molar-refractivity contribution is 0.411. The van der Waals surface area contributed by atoms with Crippen molar-refractivity contribution in [2.24, 2.45) is 0 Å². The monoisotopic (exact) mass is 378 g/mol. The van der Waals surface area contributed by atoms with Crippen molar-refractivity contribution in [3.63, 3.8) is 0 Å². The molecule has 0 saturated carbocycles. The van der Waals surface area contributed by atoms with Gasteiger partial charge in [0.2, 0.25) is 5.82 Å². The van der Waals surface area contributed by atoms with Gasteiger partial charge in [0.15, 0.2) is 11.6 Å². The van der Waals surface area contributed by atoms with Crippen LogP contribution < -0.4 is 4.74 Å². The van der Waals surface area contributed by atoms with Gasteiger partial charge < -0.3 is 4.74 Å². The molecule has 0 aliphatic heterocycles. The molecule has 0 saturated heterocycles. The van der Waals surface area contributed by atoms with Gasteiger partial charge in [0.05, 0.1) is 6.26 Å². The van der Waals surface area contributed by atoms with Crippen LogP contribution in [-0.4, -0.2) is 0 Å². The van der Waals surface area contributed by atoms with Gasteiger partial charge in [-0.1, -0.05) is 67.6 Å². The SMILES string of the molecule is C/C=C/Oc1ccc(CCc2ccc(-c3ccc(CC)cc3)cc2)c(F)c1F. The van der Waals surface area contributed by atoms with Crippen LogP contribution in [0.2, 0.25) is 0 Å². The highest BCUT2D eigenvalue weighted by molar-refractivity contribution is 5.64. The van der Waals surface area contributed by atoms with E-state index in [1.54, 1.807) is 19.1 Å². The predicted molar refractivity (Wildman–Crippen MR) is 110 cm³/mol. The fraction of sp³-hybridized carbons (Fsp3) is 0.200. The topological polar surface area (TPSA) is 9.23 Å². The maximum absolute atomic E-state index is 14.3. The number of aryl methyl sites for hydroxylation is 3. The zero-order chi connectivity index (χ0) is 19.9. The average molecular weight is 378 g/mol. The van der Waals surface area contributed by atoms with Crippen LogP contribution in [0.1, 0.15) is 30.5 Å². The Morgan fingerprint density at radius 2 is 1.36 bits per heavy atom. The fourth-order valence-corrected chi connectivity index (χ4v) is 3.07. The van der Waals surface area contributed by atoms with Gasteiger partial charge in [-0.15, -0.1) is 0 Å². The summed E-state index contributed by atoms with van der Waals surface area (Å²) in [4.78, 5) is 0. The Balaban J connectivity index is 1.67. The molecule has 3 heteroatoms. The molecule has 3 aromatic rings. The first-order valence-electron chi connectivity index (χ1n) is 9.55. The van der Waals surface area contributed by atoms with E-state index in [2.05, 4.69) is 43.3 Å². The Bertz CT molecular complexity index is 942. The van der Waals surface area contributed by atoms with Crippen LogP contribution in [0.5, 0.6) is 5.75 Å². The molecule has 1 nitrogen and oxygen atoms in total. The summed E-state index contributed by atoms with van der Waals surface area (Å²) < 4.78 is 33.4. The maximum atomic E-state index is 14.3. The van der Waals surface area contributed by atoms with E-state index in [1.165, 1.54) is 23.5 Å². The van der Waals surface area contributed by atoms with E-state index in [1.807, 2.05) is 12.1 Å². The van der Waals surface area contributed by atoms with Gasteiger partial charge in [-0.25, -0.2) is 4.39 Å². The van der Waals surface area contributed by atoms with Crippen LogP contribution in [-0.2, 0) is 19.3 Å². The summed E-state index contributed by atoms with van der Waals surface area (Å²) in [6, 6.07) is 19.8. The third kappa shape index (κ3) is 4.66. The molecular weight excluding hydrogens is 354 g/mol. The normalized spacial score (nSPS) is 11.1. The molecule has 0 bridgehead atoms. The van der Waals surface area contributed by atoms with Crippen molar-refractivity contribution in [1.29, 1.82) is 0 Å². The molecule has 0 unspecified atom stereocenters. The van der Waals surface area contributed by atoms with E-state index < -0.39 is 11.6 Å². The molecule has 144 valence electrons. The van der Waals surface area contributed by atoms with Crippen LogP contribution in [0, 0.1) is 11.6 Å². The largest absolute Gasteiger partial charge is 0.462 e. The summed E-state index contributed by atoms with van der Waals surface area (Å²) in [6.07, 6.45) is 5.04. The van der Waals surface area contributed by atoms with Crippen molar-refractivity contribution in [3.05, 3.63) is 101 Å². The van der Waals surface area contributed by atoms with Gasteiger partial charge in [-0.05, 0) is 60.1 Å². The lowest BCUT2D eigenvalue weighted by Crippen LogP contribution is -2.00. The van der Waals surface area contributed by atoms with Gasteiger partial charge >= 0.3 is 0 Å². The van der Waals surface area contributed by atoms with Crippen molar-refractivity contribution in [2.45, 2.75) is 33.1 Å². The van der Waals surface area contributed by atoms with Crippen molar-refractivity contribution in [2.75, 3.05) is 0 Å². The predicted octanol–water partition coefficient (Wildman–Crippen LogP) is 6.89. The summed E-state index contributed by atoms with van der Waals surface area (Å²) >= 11 is 0. The molecule has 0 atom stereocenters. The third-order valence-electron chi connectivity index (χ3n) is 4.79. The van der Waals surface area contributed by atoms with Crippen LogP contribution in [0.15, 0.2) is 73.0 Å². The first-order valence-corrected chi connectivity index (χ1v) is 9.55. The highest BCUT2D eigenvalue weighted by atomic mass is 19.2. The van der Waals surface area contributed by atoms with Crippen LogP contribution in [0.25, 0.3) is 11.1 Å². The van der Waals surface area contributed by atoms with Crippen LogP contribution >= 0.6 is 0 Å². The summed E-state index contributed by atoms with van der Waals surface area (Å²) in [7, 11) is 0. The second kappa shape index (κ2) is 9.32. The Labute approximate surface area is 165 Å². The van der Waals surface area contributed by atoms with E-state index in [9.17, 15) is 8.78 Å². The highest BCUT2D eigenvalue weighted by Gasteiger charge is 2.14. The Morgan fingerprint density at radius 1 is 0.750 bits per heavy atom. The summed E-state index contributed by atoms with van der Waals surface area (Å²) in [5.74, 6) is -1.88. The molecule has 28 heavy (non-hydrogen) atoms. The Kier molecular flexibility index (Phi) is 6.59. The summed E-state index contributed by atoms with van der Waals surface area (Å²) in [5.41, 5.74) is 5.08. The number of benzene rings is 3. The minimum Gasteiger partial charge on any atom is -0.462 e. The van der Waals surface area contributed by atoms with Crippen molar-refractivity contribution >= 4 is 0 Å². The molecule has 0 heterocycles. The summed E-state index contributed by atoms with van der Waals surface area (Å²) in [6.45, 7) is 3.88. The van der Waals surface area contributed by atoms with Gasteiger partial charge in [0, 0.05) is 0 Å². The van der Waals surface area contributed by atoms with E-state index in [0.29, 0.717) is 18.4 Å². The molecular formula is C25H24F2O. The molecule has 0 aromatic heterocycles. The fourth-order valence-electron chi connectivity index (χ4n) is 3.07. The second-order valence-electron chi connectivity index (χ2n) is 6.69. The van der Waals surface area contributed by atoms with E-state index in [4.69, 9.17) is 4.74 Å². The molecule has 0 N–H and O–H groups in total. The number of hydrogen-bond donors (Lipinski definition) is 0. The molecule has 0 fully saturated rings. The number of allylic oxidation sites excluding steroid dienone is 1. The number of hydrogen-bond acceptors (Lipinski definition) is 1. The number of halogens is 2. The third-order valence-corrected chi connectivity index (χ3v) is 4.79. The molecule has 0 radical (unpaired) electrons. The van der Waals surface area contributed by atoms with Gasteiger partial charge in [-0.2, -0.15) is 4.39 Å². The zero-order valence-corrected chi connectivity index (χ0v) is 16.2. The standard InChI is InChI=1S/C25H24F2O/c1-3-17-28-23-16-15-22(24(26)25(23)27)14-9-19-7-12-21(13-8-19)20-10-5-18(4-2)6-11-20/h3,5-8,10-13,15-17H,4,9,14H2,1-2H3/b17-3+. The number of rotatable bonds is 7. The maximum Gasteiger partial charge on any atom is 0.201 e. The van der Waals surface area contributed by atoms with E-state index >= 15 is 0 Å². The Hall–Kier alpha value is -2.94. The van der Waals surface area contributed by atoms with E-state index in [0.717, 1.165) is 17.5 Å². The van der Waals surface area contributed by atoms with Crippen LogP contribution in [0.3, 0.4) is 0 Å². The van der Waals surface area contributed by atoms with Crippen molar-refractivity contribution < 1.29 is 13.5 Å². The smallest absolute Gasteiger partial charge is 0.201 e. The lowest BCUT2D eigenvalue weighted by atomic mass is 9.99. The lowest BCUT2D eigenvalue weighted by Gasteiger charge is -2.09. The average Bonchev–Trinajstić information content (AvgIpc) is 2.74. The quantitative estimate of drug-likeness (QED) is 0.407. The molecule has 0 spiro atoms. The van der Waals surface area contributed by atoms with Crippen LogP contribution in [0.4, 0.5) is 8.78 Å². The highest BCUT2D eigenvalue weighted by Crippen LogP contribution is 2.25. The zero-order valence-electron chi connectivity index (χ0n) is 16.2. The first kappa shape index (κ1) is 19.8. The Morgan fingerprint density at radius 3 is 1.93 bits per heavy atom. The molecule has 0 aliphatic carbocycles. The minimum atomic E-state index is -0.943. The first-order chi connectivity index (χ1) is 13.6. The van der Waals surface area contributed by atoms with Crippen molar-refractivity contribution in [1.82, 2.24) is 0 Å².